The molecule has 5 rings (SSSR count). The molecule has 2 aliphatic heterocycles. The Bertz CT molecular complexity index is 1580. The average molecular weight is 705 g/mol. The Morgan fingerprint density at radius 1 is 1.02 bits per heavy atom. The van der Waals surface area contributed by atoms with E-state index in [1.807, 2.05) is 6.07 Å². The lowest BCUT2D eigenvalue weighted by Gasteiger charge is -2.49. The van der Waals surface area contributed by atoms with Crippen molar-refractivity contribution in [3.8, 4) is 0 Å². The van der Waals surface area contributed by atoms with E-state index in [0.717, 1.165) is 18.1 Å². The average Bonchev–Trinajstić information content (AvgIpc) is 3.37. The lowest BCUT2D eigenvalue weighted by molar-refractivity contribution is -0.138. The molecule has 2 aromatic heterocycles. The van der Waals surface area contributed by atoms with Gasteiger partial charge in [-0.25, -0.2) is 9.50 Å². The molecule has 13 heteroatoms. The number of rotatable bonds is 10. The molecule has 0 saturated carbocycles. The van der Waals surface area contributed by atoms with E-state index in [2.05, 4.69) is 69.8 Å². The number of aromatic nitrogens is 3. The highest BCUT2D eigenvalue weighted by molar-refractivity contribution is 6.74. The number of nitrogens with zero attached hydrogens (tertiary/aromatic N) is 5. The molecule has 0 amide bonds. The summed E-state index contributed by atoms with van der Waals surface area (Å²) in [5.74, 6) is 0.469. The van der Waals surface area contributed by atoms with Crippen LogP contribution >= 0.6 is 0 Å². The van der Waals surface area contributed by atoms with Crippen LogP contribution in [0.15, 0.2) is 24.3 Å². The van der Waals surface area contributed by atoms with Crippen molar-refractivity contribution >= 4 is 25.5 Å². The van der Waals surface area contributed by atoms with Gasteiger partial charge in [0.1, 0.15) is 0 Å². The van der Waals surface area contributed by atoms with Crippen LogP contribution in [0.3, 0.4) is 0 Å². The van der Waals surface area contributed by atoms with Gasteiger partial charge in [-0.05, 0) is 78.1 Å². The molecule has 0 aliphatic carbocycles. The van der Waals surface area contributed by atoms with E-state index in [1.165, 1.54) is 12.1 Å². The maximum absolute atomic E-state index is 14.7. The number of piperidine rings is 1. The van der Waals surface area contributed by atoms with E-state index in [0.29, 0.717) is 87.0 Å². The first-order valence-electron chi connectivity index (χ1n) is 17.6. The van der Waals surface area contributed by atoms with Gasteiger partial charge in [0.2, 0.25) is 0 Å². The molecule has 4 heterocycles. The zero-order chi connectivity index (χ0) is 35.8. The van der Waals surface area contributed by atoms with E-state index in [4.69, 9.17) is 19.2 Å². The number of nitrogens with one attached hydrogen (secondary N) is 1. The van der Waals surface area contributed by atoms with Crippen molar-refractivity contribution in [1.29, 1.82) is 0 Å². The van der Waals surface area contributed by atoms with E-state index in [9.17, 15) is 18.3 Å². The first-order valence-corrected chi connectivity index (χ1v) is 20.5. The Labute approximate surface area is 290 Å². The molecule has 9 nitrogen and oxygen atoms in total. The predicted molar refractivity (Wildman–Crippen MR) is 191 cm³/mol. The predicted octanol–water partition coefficient (Wildman–Crippen LogP) is 7.08. The second-order valence-corrected chi connectivity index (χ2v) is 20.9. The van der Waals surface area contributed by atoms with E-state index in [1.54, 1.807) is 10.6 Å². The summed E-state index contributed by atoms with van der Waals surface area (Å²) in [4.78, 5) is 9.24. The second kappa shape index (κ2) is 14.5. The summed E-state index contributed by atoms with van der Waals surface area (Å²) in [6.45, 7) is 22.3. The van der Waals surface area contributed by atoms with E-state index >= 15 is 0 Å². The van der Waals surface area contributed by atoms with Crippen molar-refractivity contribution < 1.29 is 27.4 Å². The maximum Gasteiger partial charge on any atom is 0.416 e. The summed E-state index contributed by atoms with van der Waals surface area (Å²) in [6, 6.07) is 6.46. The first kappa shape index (κ1) is 37.5. The van der Waals surface area contributed by atoms with Gasteiger partial charge in [-0.15, -0.1) is 23.2 Å². The van der Waals surface area contributed by atoms with Crippen LogP contribution in [0.2, 0.25) is 18.1 Å². The number of hydrogen-bond acceptors (Lipinski definition) is 8. The Kier molecular flexibility index (Phi) is 11.1. The highest BCUT2D eigenvalue weighted by atomic mass is 28.4. The number of fused-ring (bicyclic) bond motifs is 1. The standard InChI is InChI=1S/C36H55F3N6O3Si/c1-34(2,3)41-28-23-31(44-17-19-47-20-18-44)42-45-30(29(24-46)40-33(28)45)22-26-10-9-11-27(36(37,38)39)32(26)25-12-14-43(15-13-25)16-21-48-49(7,8)35(4,5)6/h9-11,23,25,41,46H,12-22,24H2,1-8H3/q-1. The van der Waals surface area contributed by atoms with Crippen LogP contribution in [0.25, 0.3) is 5.65 Å². The summed E-state index contributed by atoms with van der Waals surface area (Å²) in [5.41, 5.74) is 2.34. The molecular weight excluding hydrogens is 650 g/mol. The highest BCUT2D eigenvalue weighted by Gasteiger charge is 2.38. The number of likely N-dealkylation sites (tertiary alicyclic amines) is 1. The molecule has 2 fully saturated rings. The summed E-state index contributed by atoms with van der Waals surface area (Å²) in [6.07, 6.45) is -3.09. The van der Waals surface area contributed by atoms with Crippen molar-refractivity contribution in [3.05, 3.63) is 52.3 Å². The molecule has 0 bridgehead atoms. The molecule has 3 aromatic rings. The molecule has 0 spiro atoms. The van der Waals surface area contributed by atoms with Crippen LogP contribution in [0.4, 0.5) is 24.7 Å². The third kappa shape index (κ3) is 8.78. The van der Waals surface area contributed by atoms with Gasteiger partial charge in [0.25, 0.3) is 0 Å². The van der Waals surface area contributed by atoms with Gasteiger partial charge in [-0.3, -0.25) is 0 Å². The number of anilines is 2. The van der Waals surface area contributed by atoms with Gasteiger partial charge in [0, 0.05) is 44.3 Å². The van der Waals surface area contributed by atoms with Gasteiger partial charge in [0.15, 0.2) is 11.5 Å². The first-order chi connectivity index (χ1) is 22.9. The second-order valence-electron chi connectivity index (χ2n) is 16.1. The highest BCUT2D eigenvalue weighted by Crippen LogP contribution is 2.42. The van der Waals surface area contributed by atoms with Crippen LogP contribution < -0.4 is 10.2 Å². The molecule has 49 heavy (non-hydrogen) atoms. The lowest BCUT2D eigenvalue weighted by atomic mass is 9.82. The van der Waals surface area contributed by atoms with Crippen molar-refractivity contribution in [2.45, 2.75) is 103 Å². The molecule has 2 saturated heterocycles. The molecule has 0 radical (unpaired) electrons. The molecule has 0 unspecified atom stereocenters. The lowest BCUT2D eigenvalue weighted by Crippen LogP contribution is -2.43. The molecule has 2 aliphatic rings. The summed E-state index contributed by atoms with van der Waals surface area (Å²) in [5, 5.41) is 19.1. The summed E-state index contributed by atoms with van der Waals surface area (Å²) in [7, 11) is -1.87. The van der Waals surface area contributed by atoms with Crippen molar-refractivity contribution in [3.63, 3.8) is 0 Å². The van der Waals surface area contributed by atoms with Crippen molar-refractivity contribution in [2.75, 3.05) is 62.8 Å². The minimum atomic E-state index is -4.50. The number of benzene rings is 1. The normalized spacial score (nSPS) is 17.7. The number of aliphatic hydroxyl groups is 1. The van der Waals surface area contributed by atoms with Crippen LogP contribution in [-0.4, -0.2) is 91.0 Å². The third-order valence-corrected chi connectivity index (χ3v) is 14.8. The van der Waals surface area contributed by atoms with Gasteiger partial charge < -0.3 is 29.4 Å². The molecule has 0 atom stereocenters. The summed E-state index contributed by atoms with van der Waals surface area (Å²) >= 11 is 0. The number of hydrogen-bond donors (Lipinski definition) is 2. The number of aliphatic hydroxyl groups excluding tert-OH is 1. The van der Waals surface area contributed by atoms with Gasteiger partial charge in [-0.2, -0.15) is 13.2 Å². The van der Waals surface area contributed by atoms with Crippen LogP contribution in [-0.2, 0) is 28.4 Å². The van der Waals surface area contributed by atoms with Gasteiger partial charge in [-0.1, -0.05) is 32.9 Å². The van der Waals surface area contributed by atoms with Crippen LogP contribution in [0.1, 0.15) is 88.4 Å². The van der Waals surface area contributed by atoms with E-state index in [-0.39, 0.29) is 29.5 Å². The Morgan fingerprint density at radius 2 is 1.69 bits per heavy atom. The van der Waals surface area contributed by atoms with Crippen LogP contribution in [0.5, 0.6) is 0 Å². The van der Waals surface area contributed by atoms with Crippen molar-refractivity contribution in [1.82, 2.24) is 19.5 Å². The SMILES string of the molecule is CC(C)(C)Nc1cc(N2CCOCC2)nn2c(Cc3cccc(C(F)(F)F)c3C3CCN(CCO[Si-](C)(C)C(C)(C)C)CC3)c(CO)nc12. The van der Waals surface area contributed by atoms with E-state index < -0.39 is 20.1 Å². The molecule has 1 aromatic carbocycles. The number of morpholine rings is 1. The molecule has 273 valence electrons. The minimum absolute atomic E-state index is 0.124. The fourth-order valence-electron chi connectivity index (χ4n) is 6.61. The van der Waals surface area contributed by atoms with Crippen molar-refractivity contribution in [2.24, 2.45) is 0 Å². The van der Waals surface area contributed by atoms with Crippen LogP contribution in [0, 0.1) is 0 Å². The van der Waals surface area contributed by atoms with Gasteiger partial charge in [0.05, 0.1) is 42.5 Å². The fourth-order valence-corrected chi connectivity index (χ4v) is 7.65. The zero-order valence-corrected chi connectivity index (χ0v) is 31.5. The Morgan fingerprint density at radius 3 is 2.29 bits per heavy atom. The maximum atomic E-state index is 14.7. The number of halogens is 3. The molecular formula is C36H55F3N6O3Si-. The minimum Gasteiger partial charge on any atom is -0.564 e. The quantitative estimate of drug-likeness (QED) is 0.217. The molecule has 2 N–H and O–H groups in total. The topological polar surface area (TPSA) is 87.4 Å². The zero-order valence-electron chi connectivity index (χ0n) is 30.5. The largest absolute Gasteiger partial charge is 0.564 e. The Hall–Kier alpha value is -2.71. The number of imidazole rings is 1. The fraction of sp³-hybridized carbons (Fsp3) is 0.667. The smallest absolute Gasteiger partial charge is 0.416 e. The Balaban J connectivity index is 1.47. The third-order valence-electron chi connectivity index (χ3n) is 10.3. The summed E-state index contributed by atoms with van der Waals surface area (Å²) < 4.78 is 57.7. The number of alkyl halides is 3. The monoisotopic (exact) mass is 704 g/mol. The number of ether oxygens (including phenoxy) is 1. The van der Waals surface area contributed by atoms with Gasteiger partial charge >= 0.3 is 6.18 Å².